The molecule has 0 saturated heterocycles. The van der Waals surface area contributed by atoms with Gasteiger partial charge in [0, 0.05) is 6.92 Å². The lowest BCUT2D eigenvalue weighted by molar-refractivity contribution is -0.138. The third kappa shape index (κ3) is 4.42. The lowest BCUT2D eigenvalue weighted by Gasteiger charge is -2.08. The van der Waals surface area contributed by atoms with Gasteiger partial charge in [-0.05, 0) is 23.8 Å². The number of rotatable bonds is 3. The van der Waals surface area contributed by atoms with Crippen LogP contribution in [0.5, 0.6) is 0 Å². The summed E-state index contributed by atoms with van der Waals surface area (Å²) < 4.78 is 41.6. The Hall–Kier alpha value is -2.31. The summed E-state index contributed by atoms with van der Waals surface area (Å²) in [7, 11) is 1.13. The van der Waals surface area contributed by atoms with Crippen LogP contribution in [0.15, 0.2) is 30.0 Å². The molecular weight excluding hydrogens is 275 g/mol. The molecular formula is C13H12F3NO3. The van der Waals surface area contributed by atoms with Gasteiger partial charge in [-0.2, -0.15) is 13.2 Å². The van der Waals surface area contributed by atoms with Gasteiger partial charge in [0.15, 0.2) is 0 Å². The molecule has 1 N–H and O–H groups in total. The zero-order valence-corrected chi connectivity index (χ0v) is 10.7. The van der Waals surface area contributed by atoms with Gasteiger partial charge in [-0.15, -0.1) is 0 Å². The molecule has 20 heavy (non-hydrogen) atoms. The molecule has 0 saturated carbocycles. The fourth-order valence-electron chi connectivity index (χ4n) is 1.38. The number of alkyl halides is 3. The summed E-state index contributed by atoms with van der Waals surface area (Å²) in [5.41, 5.74) is -0.624. The predicted molar refractivity (Wildman–Crippen MR) is 65.3 cm³/mol. The van der Waals surface area contributed by atoms with Gasteiger partial charge in [0.1, 0.15) is 5.70 Å². The Bertz CT molecular complexity index is 533. The minimum absolute atomic E-state index is 0.153. The number of methoxy groups -OCH3 is 1. The molecule has 0 aliphatic rings. The summed E-state index contributed by atoms with van der Waals surface area (Å²) in [6.07, 6.45) is -3.20. The van der Waals surface area contributed by atoms with Crippen LogP contribution in [0, 0.1) is 0 Å². The van der Waals surface area contributed by atoms with E-state index in [-0.39, 0.29) is 5.70 Å². The lowest BCUT2D eigenvalue weighted by atomic mass is 10.1. The molecule has 0 aliphatic heterocycles. The van der Waals surface area contributed by atoms with Gasteiger partial charge in [0.05, 0.1) is 12.7 Å². The molecule has 0 fully saturated rings. The summed E-state index contributed by atoms with van der Waals surface area (Å²) in [4.78, 5) is 22.3. The van der Waals surface area contributed by atoms with Crippen molar-refractivity contribution in [2.24, 2.45) is 0 Å². The molecule has 1 amide bonds. The van der Waals surface area contributed by atoms with Gasteiger partial charge >= 0.3 is 12.1 Å². The highest BCUT2D eigenvalue weighted by molar-refractivity contribution is 5.97. The summed E-state index contributed by atoms with van der Waals surface area (Å²) in [5.74, 6) is -1.28. The number of carbonyl (C=O) groups is 2. The SMILES string of the molecule is COC(=O)C(=Cc1ccc(C(F)(F)F)cc1)NC(C)=O. The highest BCUT2D eigenvalue weighted by Gasteiger charge is 2.29. The standard InChI is InChI=1S/C13H12F3NO3/c1-8(18)17-11(12(19)20-2)7-9-3-5-10(6-4-9)13(14,15)16/h3-7H,1-2H3,(H,17,18). The number of hydrogen-bond donors (Lipinski definition) is 1. The fourth-order valence-corrected chi connectivity index (χ4v) is 1.38. The number of hydrogen-bond acceptors (Lipinski definition) is 3. The number of amides is 1. The van der Waals surface area contributed by atoms with Crippen molar-refractivity contribution in [2.75, 3.05) is 7.11 Å². The molecule has 0 aliphatic carbocycles. The smallest absolute Gasteiger partial charge is 0.416 e. The topological polar surface area (TPSA) is 55.4 Å². The molecule has 7 heteroatoms. The third-order valence-electron chi connectivity index (χ3n) is 2.27. The Morgan fingerprint density at radius 2 is 1.75 bits per heavy atom. The zero-order valence-electron chi connectivity index (χ0n) is 10.7. The lowest BCUT2D eigenvalue weighted by Crippen LogP contribution is -2.25. The Morgan fingerprint density at radius 1 is 1.20 bits per heavy atom. The zero-order chi connectivity index (χ0) is 15.3. The average Bonchev–Trinajstić information content (AvgIpc) is 2.36. The van der Waals surface area contributed by atoms with Crippen LogP contribution in [0.1, 0.15) is 18.1 Å². The van der Waals surface area contributed by atoms with Crippen LogP contribution in [0.3, 0.4) is 0 Å². The van der Waals surface area contributed by atoms with E-state index in [4.69, 9.17) is 0 Å². The molecule has 0 radical (unpaired) electrons. The van der Waals surface area contributed by atoms with Crippen molar-refractivity contribution in [3.8, 4) is 0 Å². The maximum Gasteiger partial charge on any atom is 0.416 e. The molecule has 108 valence electrons. The molecule has 1 aromatic rings. The molecule has 1 rings (SSSR count). The van der Waals surface area contributed by atoms with Gasteiger partial charge in [-0.3, -0.25) is 4.79 Å². The van der Waals surface area contributed by atoms with E-state index in [1.54, 1.807) is 0 Å². The van der Waals surface area contributed by atoms with Crippen LogP contribution in [-0.4, -0.2) is 19.0 Å². The first-order chi connectivity index (χ1) is 9.24. The summed E-state index contributed by atoms with van der Waals surface area (Å²) >= 11 is 0. The number of esters is 1. The van der Waals surface area contributed by atoms with Gasteiger partial charge in [-0.1, -0.05) is 12.1 Å². The normalized spacial score (nSPS) is 11.9. The Labute approximate surface area is 113 Å². The first kappa shape index (κ1) is 15.7. The highest BCUT2D eigenvalue weighted by Crippen LogP contribution is 2.29. The maximum absolute atomic E-state index is 12.4. The number of halogens is 3. The summed E-state index contributed by atoms with van der Waals surface area (Å²) in [6, 6.07) is 4.14. The van der Waals surface area contributed by atoms with Crippen molar-refractivity contribution >= 4 is 18.0 Å². The second-order valence-electron chi connectivity index (χ2n) is 3.85. The Kier molecular flexibility index (Phi) is 4.90. The van der Waals surface area contributed by atoms with Crippen molar-refractivity contribution in [3.05, 3.63) is 41.1 Å². The van der Waals surface area contributed by atoms with Crippen molar-refractivity contribution in [1.82, 2.24) is 5.32 Å². The molecule has 0 bridgehead atoms. The van der Waals surface area contributed by atoms with Crippen molar-refractivity contribution in [1.29, 1.82) is 0 Å². The van der Waals surface area contributed by atoms with E-state index in [1.807, 2.05) is 0 Å². The molecule has 0 unspecified atom stereocenters. The fraction of sp³-hybridized carbons (Fsp3) is 0.231. The van der Waals surface area contributed by atoms with Crippen LogP contribution in [0.4, 0.5) is 13.2 Å². The van der Waals surface area contributed by atoms with E-state index in [9.17, 15) is 22.8 Å². The van der Waals surface area contributed by atoms with Crippen molar-refractivity contribution < 1.29 is 27.5 Å². The number of ether oxygens (including phenoxy) is 1. The average molecular weight is 287 g/mol. The van der Waals surface area contributed by atoms with Crippen LogP contribution < -0.4 is 5.32 Å². The minimum atomic E-state index is -4.43. The number of carbonyl (C=O) groups excluding carboxylic acids is 2. The molecule has 0 heterocycles. The van der Waals surface area contributed by atoms with Crippen LogP contribution >= 0.6 is 0 Å². The van der Waals surface area contributed by atoms with E-state index < -0.39 is 23.6 Å². The van der Waals surface area contributed by atoms with Gasteiger partial charge in [0.2, 0.25) is 5.91 Å². The molecule has 0 spiro atoms. The van der Waals surface area contributed by atoms with Gasteiger partial charge < -0.3 is 10.1 Å². The highest BCUT2D eigenvalue weighted by atomic mass is 19.4. The van der Waals surface area contributed by atoms with Gasteiger partial charge in [-0.25, -0.2) is 4.79 Å². The van der Waals surface area contributed by atoms with Crippen LogP contribution in [0.2, 0.25) is 0 Å². The summed E-state index contributed by atoms with van der Waals surface area (Å²) in [6.45, 7) is 1.20. The van der Waals surface area contributed by atoms with E-state index in [2.05, 4.69) is 10.1 Å². The first-order valence-electron chi connectivity index (χ1n) is 5.49. The van der Waals surface area contributed by atoms with E-state index >= 15 is 0 Å². The van der Waals surface area contributed by atoms with Gasteiger partial charge in [0.25, 0.3) is 0 Å². The van der Waals surface area contributed by atoms with Crippen LogP contribution in [-0.2, 0) is 20.5 Å². The monoisotopic (exact) mass is 287 g/mol. The quantitative estimate of drug-likeness (QED) is 0.686. The van der Waals surface area contributed by atoms with Crippen LogP contribution in [0.25, 0.3) is 6.08 Å². The number of benzene rings is 1. The second kappa shape index (κ2) is 6.23. The minimum Gasteiger partial charge on any atom is -0.464 e. The second-order valence-corrected chi connectivity index (χ2v) is 3.85. The third-order valence-corrected chi connectivity index (χ3v) is 2.27. The van der Waals surface area contributed by atoms with E-state index in [0.717, 1.165) is 19.2 Å². The summed E-state index contributed by atoms with van der Waals surface area (Å²) in [5, 5.41) is 2.25. The number of nitrogens with one attached hydrogen (secondary N) is 1. The largest absolute Gasteiger partial charge is 0.464 e. The first-order valence-corrected chi connectivity index (χ1v) is 5.49. The van der Waals surface area contributed by atoms with Crippen molar-refractivity contribution in [3.63, 3.8) is 0 Å². The molecule has 1 aromatic carbocycles. The predicted octanol–water partition coefficient (Wildman–Crippen LogP) is 2.36. The molecule has 0 aromatic heterocycles. The maximum atomic E-state index is 12.4. The Balaban J connectivity index is 3.05. The van der Waals surface area contributed by atoms with E-state index in [0.29, 0.717) is 5.56 Å². The molecule has 4 nitrogen and oxygen atoms in total. The van der Waals surface area contributed by atoms with E-state index in [1.165, 1.54) is 25.1 Å². The van der Waals surface area contributed by atoms with Crippen molar-refractivity contribution in [2.45, 2.75) is 13.1 Å². The molecule has 0 atom stereocenters. The Morgan fingerprint density at radius 3 is 2.15 bits per heavy atom.